The van der Waals surface area contributed by atoms with Crippen LogP contribution in [0, 0.1) is 0 Å². The zero-order chi connectivity index (χ0) is 11.7. The van der Waals surface area contributed by atoms with Crippen molar-refractivity contribution in [2.24, 2.45) is 0 Å². The topological polar surface area (TPSA) is 3.24 Å². The van der Waals surface area contributed by atoms with E-state index >= 15 is 0 Å². The van der Waals surface area contributed by atoms with Crippen LogP contribution in [0.25, 0.3) is 0 Å². The zero-order valence-electron chi connectivity index (χ0n) is 11.6. The van der Waals surface area contributed by atoms with Gasteiger partial charge in [-0.1, -0.05) is 11.3 Å². The number of nitrogens with zero attached hydrogens (tertiary/aromatic N) is 1. The van der Waals surface area contributed by atoms with Crippen LogP contribution >= 0.6 is 0 Å². The lowest BCUT2D eigenvalue weighted by atomic mass is 11.9. The third-order valence-electron chi connectivity index (χ3n) is 0.500. The van der Waals surface area contributed by atoms with Gasteiger partial charge in [0, 0.05) is 9.04 Å². The molecule has 94 valence electrons. The third kappa shape index (κ3) is 228. The average molecular weight is 384 g/mol. The molecular formula is C2H37NSi11. The molecule has 0 radical (unpaired) electrons. The van der Waals surface area contributed by atoms with Crippen LogP contribution in [0.1, 0.15) is 0 Å². The van der Waals surface area contributed by atoms with Gasteiger partial charge >= 0.3 is 0 Å². The standard InChI is InChI=1S/CH10Si3.CH8Si2.H9NSi3.H6Si2.H4Si/c2-1-4-3;2-1-3;2-1(3)4;1-2;/h1,4H2,2-3H3;1H2,2-3H3;2-4H3;1-2H3;1H4. The van der Waals surface area contributed by atoms with Crippen LogP contribution in [0.4, 0.5) is 0 Å². The molecule has 0 atom stereocenters. The molecule has 0 N–H and O–H groups in total. The highest BCUT2D eigenvalue weighted by atomic mass is 29.1. The summed E-state index contributed by atoms with van der Waals surface area (Å²) in [5, 5.41) is 0. The van der Waals surface area contributed by atoms with Gasteiger partial charge in [0.05, 0.1) is 31.2 Å². The summed E-state index contributed by atoms with van der Waals surface area (Å²) in [5.74, 6) is 0. The van der Waals surface area contributed by atoms with E-state index in [-0.39, 0.29) is 11.0 Å². The van der Waals surface area contributed by atoms with E-state index in [1.165, 1.54) is 87.1 Å². The molecular weight excluding hydrogens is 347 g/mol. The third-order valence-corrected chi connectivity index (χ3v) is 13.5. The van der Waals surface area contributed by atoms with Gasteiger partial charge in [-0.05, 0) is 71.0 Å². The maximum Gasteiger partial charge on any atom is 0.0625 e. The second-order valence-corrected chi connectivity index (χ2v) is 27.4. The first-order valence-electron chi connectivity index (χ1n) is 5.67. The van der Waals surface area contributed by atoms with Crippen LogP contribution in [0.15, 0.2) is 0 Å². The van der Waals surface area contributed by atoms with Crippen molar-refractivity contribution in [2.75, 3.05) is 0 Å². The molecule has 0 aromatic heterocycles. The second kappa shape index (κ2) is 45.3. The SMILES string of the molecule is [SiH3]C[SiH2][SiH3].[SiH3]C[SiH3].[SiH3]N([SiH3])[SiH3].[SiH3][SiH3].[SiH4]. The van der Waals surface area contributed by atoms with Gasteiger partial charge < -0.3 is 3.90 Å². The molecule has 0 rings (SSSR count). The van der Waals surface area contributed by atoms with Gasteiger partial charge in [-0.3, -0.25) is 0 Å². The Morgan fingerprint density at radius 3 is 1.00 bits per heavy atom. The van der Waals surface area contributed by atoms with Crippen LogP contribution in [-0.4, -0.2) is 115 Å². The van der Waals surface area contributed by atoms with Gasteiger partial charge in [0.2, 0.25) is 0 Å². The molecule has 0 aliphatic rings. The van der Waals surface area contributed by atoms with Crippen LogP contribution < -0.4 is 0 Å². The smallest absolute Gasteiger partial charge is 0.0625 e. The van der Waals surface area contributed by atoms with Gasteiger partial charge in [-0.25, -0.2) is 0 Å². The summed E-state index contributed by atoms with van der Waals surface area (Å²) in [5.41, 5.74) is 3.19. The first-order valence-corrected chi connectivity index (χ1v) is 27.3. The number of rotatable bonds is 1. The minimum absolute atomic E-state index is 0. The Bertz CT molecular complexity index is 37.5. The number of hydrogen-bond acceptors (Lipinski definition) is 1. The summed E-state index contributed by atoms with van der Waals surface area (Å²) >= 11 is 0. The molecule has 0 fully saturated rings. The predicted octanol–water partition coefficient (Wildman–Crippen LogP) is -12.4. The Hall–Kier alpha value is 2.35. The van der Waals surface area contributed by atoms with Gasteiger partial charge in [0.15, 0.2) is 0 Å². The molecule has 0 heterocycles. The van der Waals surface area contributed by atoms with Gasteiger partial charge in [0.25, 0.3) is 0 Å². The summed E-state index contributed by atoms with van der Waals surface area (Å²) in [6.45, 7) is 0. The van der Waals surface area contributed by atoms with Crippen LogP contribution in [-0.2, 0) is 0 Å². The van der Waals surface area contributed by atoms with Crippen molar-refractivity contribution in [1.29, 1.82) is 0 Å². The highest BCUT2D eigenvalue weighted by molar-refractivity contribution is 6.91. The van der Waals surface area contributed by atoms with Gasteiger partial charge in [0.1, 0.15) is 0 Å². The first-order chi connectivity index (χ1) is 6.06. The fourth-order valence-corrected chi connectivity index (χ4v) is 0. The van der Waals surface area contributed by atoms with Crippen LogP contribution in [0.3, 0.4) is 0 Å². The minimum Gasteiger partial charge on any atom is -0.390 e. The normalized spacial score (nSPS) is 9.21. The Morgan fingerprint density at radius 1 is 0.929 bits per heavy atom. The Kier molecular flexibility index (Phi) is 96.8. The van der Waals surface area contributed by atoms with Crippen molar-refractivity contribution in [2.45, 2.75) is 11.3 Å². The maximum absolute atomic E-state index is 2.42. The van der Waals surface area contributed by atoms with Crippen molar-refractivity contribution in [1.82, 2.24) is 3.90 Å². The largest absolute Gasteiger partial charge is 0.390 e. The zero-order valence-corrected chi connectivity index (χ0v) is 31.0. The lowest BCUT2D eigenvalue weighted by Crippen LogP contribution is -2.08. The quantitative estimate of drug-likeness (QED) is 0.406. The maximum atomic E-state index is 2.42. The lowest BCUT2D eigenvalue weighted by molar-refractivity contribution is 1.18. The fraction of sp³-hybridized carbons (Fsp3) is 1.00. The highest BCUT2D eigenvalue weighted by Crippen LogP contribution is 1.50. The monoisotopic (exact) mass is 383 g/mol. The van der Waals surface area contributed by atoms with E-state index in [0.29, 0.717) is 9.04 Å². The summed E-state index contributed by atoms with van der Waals surface area (Å²) in [6.07, 6.45) is 0. The Morgan fingerprint density at radius 2 is 1.00 bits per heavy atom. The molecule has 0 spiro atoms. The van der Waals surface area contributed by atoms with E-state index in [0.717, 1.165) is 0 Å². The van der Waals surface area contributed by atoms with Crippen molar-refractivity contribution < 1.29 is 0 Å². The van der Waals surface area contributed by atoms with E-state index in [1.54, 1.807) is 15.4 Å². The van der Waals surface area contributed by atoms with E-state index in [4.69, 9.17) is 0 Å². The van der Waals surface area contributed by atoms with Gasteiger partial charge in [-0.15, -0.1) is 0 Å². The molecule has 12 heteroatoms. The summed E-state index contributed by atoms with van der Waals surface area (Å²) in [6, 6.07) is 0. The molecule has 1 nitrogen and oxygen atoms in total. The Balaban J connectivity index is -0.0000000260. The molecule has 0 aromatic rings. The van der Waals surface area contributed by atoms with Crippen molar-refractivity contribution in [3.63, 3.8) is 0 Å². The molecule has 0 bridgehead atoms. The second-order valence-electron chi connectivity index (χ2n) is 3.05. The molecule has 0 unspecified atom stereocenters. The predicted molar refractivity (Wildman–Crippen MR) is 121 cm³/mol. The molecule has 0 amide bonds. The lowest BCUT2D eigenvalue weighted by Gasteiger charge is -1.91. The van der Waals surface area contributed by atoms with Crippen LogP contribution in [0.5, 0.6) is 0 Å². The van der Waals surface area contributed by atoms with E-state index in [9.17, 15) is 0 Å². The summed E-state index contributed by atoms with van der Waals surface area (Å²) in [4.78, 5) is 0. The van der Waals surface area contributed by atoms with Crippen molar-refractivity contribution >= 4 is 111 Å². The highest BCUT2D eigenvalue weighted by Gasteiger charge is 1.59. The summed E-state index contributed by atoms with van der Waals surface area (Å²) < 4.78 is 2.42. The van der Waals surface area contributed by atoms with Crippen molar-refractivity contribution in [3.05, 3.63) is 0 Å². The minimum atomic E-state index is 0. The Labute approximate surface area is 126 Å². The molecule has 14 heavy (non-hydrogen) atoms. The first kappa shape index (κ1) is 29.9. The molecule has 0 saturated heterocycles. The van der Waals surface area contributed by atoms with E-state index in [1.807, 2.05) is 0 Å². The molecule has 0 saturated carbocycles. The van der Waals surface area contributed by atoms with E-state index < -0.39 is 0 Å². The molecule has 0 aliphatic carbocycles. The van der Waals surface area contributed by atoms with E-state index in [2.05, 4.69) is 3.90 Å². The summed E-state index contributed by atoms with van der Waals surface area (Å²) in [7, 11) is 13.3. The molecule has 0 aromatic carbocycles. The average Bonchev–Trinajstić information content (AvgIpc) is 2.08. The number of hydrogen-bond donors (Lipinski definition) is 0. The molecule has 0 aliphatic heterocycles. The van der Waals surface area contributed by atoms with Crippen molar-refractivity contribution in [3.8, 4) is 0 Å². The van der Waals surface area contributed by atoms with Gasteiger partial charge in [-0.2, -0.15) is 0 Å². The van der Waals surface area contributed by atoms with Crippen LogP contribution in [0.2, 0.25) is 11.3 Å². The fourth-order valence-electron chi connectivity index (χ4n) is 0.